The molecule has 0 saturated carbocycles. The SMILES string of the molecule is CCC(CC)=NC#N. The van der Waals surface area contributed by atoms with Crippen molar-refractivity contribution >= 4 is 5.71 Å². The number of aliphatic imine (C=N–C) groups is 1. The minimum Gasteiger partial charge on any atom is -0.183 e. The monoisotopic (exact) mass is 110 g/mol. The topological polar surface area (TPSA) is 36.1 Å². The van der Waals surface area contributed by atoms with Gasteiger partial charge in [-0.25, -0.2) is 0 Å². The van der Waals surface area contributed by atoms with Crippen molar-refractivity contribution in [3.8, 4) is 6.19 Å². The second-order valence-corrected chi connectivity index (χ2v) is 1.49. The van der Waals surface area contributed by atoms with Crippen molar-refractivity contribution in [3.05, 3.63) is 0 Å². The molecule has 0 aliphatic rings. The van der Waals surface area contributed by atoms with E-state index >= 15 is 0 Å². The molecule has 0 fully saturated rings. The normalized spacial score (nSPS) is 7.62. The van der Waals surface area contributed by atoms with Gasteiger partial charge in [0.25, 0.3) is 0 Å². The molecule has 0 unspecified atom stereocenters. The van der Waals surface area contributed by atoms with E-state index in [2.05, 4.69) is 4.99 Å². The Morgan fingerprint density at radius 3 is 2.12 bits per heavy atom. The van der Waals surface area contributed by atoms with Gasteiger partial charge < -0.3 is 0 Å². The van der Waals surface area contributed by atoms with Crippen molar-refractivity contribution in [1.29, 1.82) is 5.26 Å². The minimum absolute atomic E-state index is 0.893. The largest absolute Gasteiger partial charge is 0.205 e. The first kappa shape index (κ1) is 7.16. The number of nitriles is 1. The molecule has 0 saturated heterocycles. The van der Waals surface area contributed by atoms with E-state index in [-0.39, 0.29) is 0 Å². The van der Waals surface area contributed by atoms with Crippen LogP contribution in [0, 0.1) is 11.5 Å². The molecule has 0 bridgehead atoms. The molecule has 0 heterocycles. The fourth-order valence-electron chi connectivity index (χ4n) is 0.479. The van der Waals surface area contributed by atoms with E-state index in [0.29, 0.717) is 0 Å². The van der Waals surface area contributed by atoms with Crippen LogP contribution in [0.15, 0.2) is 4.99 Å². The maximum Gasteiger partial charge on any atom is 0.205 e. The third-order valence-electron chi connectivity index (χ3n) is 1.02. The highest BCUT2D eigenvalue weighted by Crippen LogP contribution is 1.89. The summed E-state index contributed by atoms with van der Waals surface area (Å²) in [4.78, 5) is 3.58. The van der Waals surface area contributed by atoms with Gasteiger partial charge in [-0.3, -0.25) is 0 Å². The van der Waals surface area contributed by atoms with Crippen LogP contribution in [-0.4, -0.2) is 5.71 Å². The summed E-state index contributed by atoms with van der Waals surface area (Å²) in [5, 5.41) is 8.06. The lowest BCUT2D eigenvalue weighted by Crippen LogP contribution is -1.90. The predicted molar refractivity (Wildman–Crippen MR) is 33.6 cm³/mol. The Hall–Kier alpha value is -0.840. The van der Waals surface area contributed by atoms with E-state index in [1.54, 1.807) is 6.19 Å². The van der Waals surface area contributed by atoms with Gasteiger partial charge in [0, 0.05) is 5.71 Å². The predicted octanol–water partition coefficient (Wildman–Crippen LogP) is 1.73. The lowest BCUT2D eigenvalue weighted by molar-refractivity contribution is 1.15. The average molecular weight is 110 g/mol. The van der Waals surface area contributed by atoms with Crippen molar-refractivity contribution in [3.63, 3.8) is 0 Å². The Bertz CT molecular complexity index is 113. The van der Waals surface area contributed by atoms with Crippen LogP contribution >= 0.6 is 0 Å². The molecule has 0 aromatic rings. The molecule has 0 aliphatic carbocycles. The molecule has 0 amide bonds. The number of rotatable bonds is 2. The Kier molecular flexibility index (Phi) is 3.87. The van der Waals surface area contributed by atoms with E-state index < -0.39 is 0 Å². The molecule has 44 valence electrons. The maximum absolute atomic E-state index is 8.06. The summed E-state index contributed by atoms with van der Waals surface area (Å²) in [6.07, 6.45) is 3.54. The summed E-state index contributed by atoms with van der Waals surface area (Å²) in [6, 6.07) is 0. The molecule has 0 atom stereocenters. The quantitative estimate of drug-likeness (QED) is 0.394. The van der Waals surface area contributed by atoms with Crippen LogP contribution in [0.4, 0.5) is 0 Å². The second kappa shape index (κ2) is 4.32. The zero-order chi connectivity index (χ0) is 6.41. The van der Waals surface area contributed by atoms with E-state index in [9.17, 15) is 0 Å². The summed E-state index contributed by atoms with van der Waals surface area (Å²) in [7, 11) is 0. The van der Waals surface area contributed by atoms with Crippen LogP contribution in [-0.2, 0) is 0 Å². The van der Waals surface area contributed by atoms with Crippen LogP contribution in [0.25, 0.3) is 0 Å². The van der Waals surface area contributed by atoms with Gasteiger partial charge in [0.2, 0.25) is 6.19 Å². The third-order valence-corrected chi connectivity index (χ3v) is 1.02. The summed E-state index contributed by atoms with van der Waals surface area (Å²) in [5.74, 6) is 0. The molecule has 2 nitrogen and oxygen atoms in total. The van der Waals surface area contributed by atoms with Gasteiger partial charge in [-0.2, -0.15) is 10.3 Å². The van der Waals surface area contributed by atoms with Crippen LogP contribution in [0.1, 0.15) is 26.7 Å². The number of hydrogen-bond acceptors (Lipinski definition) is 2. The van der Waals surface area contributed by atoms with Gasteiger partial charge in [-0.1, -0.05) is 13.8 Å². The molecular formula is C6H10N2. The molecule has 0 spiro atoms. The fourth-order valence-corrected chi connectivity index (χ4v) is 0.479. The molecule has 0 aromatic carbocycles. The summed E-state index contributed by atoms with van der Waals surface area (Å²) in [6.45, 7) is 4.00. The zero-order valence-corrected chi connectivity index (χ0v) is 5.31. The smallest absolute Gasteiger partial charge is 0.183 e. The van der Waals surface area contributed by atoms with E-state index in [4.69, 9.17) is 5.26 Å². The highest BCUT2D eigenvalue weighted by molar-refractivity contribution is 5.84. The van der Waals surface area contributed by atoms with Gasteiger partial charge >= 0.3 is 0 Å². The lowest BCUT2D eigenvalue weighted by Gasteiger charge is -1.89. The Morgan fingerprint density at radius 2 is 2.00 bits per heavy atom. The van der Waals surface area contributed by atoms with Crippen molar-refractivity contribution in [2.45, 2.75) is 26.7 Å². The Labute approximate surface area is 49.9 Å². The second-order valence-electron chi connectivity index (χ2n) is 1.49. The molecule has 0 aromatic heterocycles. The van der Waals surface area contributed by atoms with Crippen molar-refractivity contribution in [1.82, 2.24) is 0 Å². The molecule has 8 heavy (non-hydrogen) atoms. The van der Waals surface area contributed by atoms with E-state index in [0.717, 1.165) is 18.6 Å². The van der Waals surface area contributed by atoms with Gasteiger partial charge in [-0.05, 0) is 12.8 Å². The van der Waals surface area contributed by atoms with Crippen LogP contribution < -0.4 is 0 Å². The van der Waals surface area contributed by atoms with E-state index in [1.165, 1.54) is 0 Å². The third kappa shape index (κ3) is 2.35. The van der Waals surface area contributed by atoms with Crippen LogP contribution in [0.2, 0.25) is 0 Å². The van der Waals surface area contributed by atoms with Crippen LogP contribution in [0.5, 0.6) is 0 Å². The first-order chi connectivity index (χ1) is 3.85. The summed E-state index contributed by atoms with van der Waals surface area (Å²) in [5.41, 5.74) is 0.979. The highest BCUT2D eigenvalue weighted by Gasteiger charge is 1.87. The van der Waals surface area contributed by atoms with Gasteiger partial charge in [-0.15, -0.1) is 0 Å². The molecule has 0 N–H and O–H groups in total. The standard InChI is InChI=1S/C6H10N2/c1-3-6(4-2)8-5-7/h3-4H2,1-2H3. The molecule has 0 rings (SSSR count). The Morgan fingerprint density at radius 1 is 1.50 bits per heavy atom. The van der Waals surface area contributed by atoms with Crippen LogP contribution in [0.3, 0.4) is 0 Å². The first-order valence-corrected chi connectivity index (χ1v) is 2.79. The summed E-state index contributed by atoms with van der Waals surface area (Å²) < 4.78 is 0. The average Bonchev–Trinajstić information content (AvgIpc) is 1.83. The molecule has 2 heteroatoms. The van der Waals surface area contributed by atoms with E-state index in [1.807, 2.05) is 13.8 Å². The summed E-state index contributed by atoms with van der Waals surface area (Å²) >= 11 is 0. The first-order valence-electron chi connectivity index (χ1n) is 2.79. The van der Waals surface area contributed by atoms with Gasteiger partial charge in [0.1, 0.15) is 0 Å². The number of hydrogen-bond donors (Lipinski definition) is 0. The highest BCUT2D eigenvalue weighted by atomic mass is 14.7. The molecular weight excluding hydrogens is 100 g/mol. The fraction of sp³-hybridized carbons (Fsp3) is 0.667. The number of nitrogens with zero attached hydrogens (tertiary/aromatic N) is 2. The van der Waals surface area contributed by atoms with Gasteiger partial charge in [0.15, 0.2) is 0 Å². The Balaban J connectivity index is 3.72. The minimum atomic E-state index is 0.893. The maximum atomic E-state index is 8.06. The van der Waals surface area contributed by atoms with Crippen molar-refractivity contribution < 1.29 is 0 Å². The zero-order valence-electron chi connectivity index (χ0n) is 5.31. The van der Waals surface area contributed by atoms with Crippen molar-refractivity contribution in [2.75, 3.05) is 0 Å². The molecule has 0 aliphatic heterocycles. The van der Waals surface area contributed by atoms with Gasteiger partial charge in [0.05, 0.1) is 0 Å². The van der Waals surface area contributed by atoms with Crippen molar-refractivity contribution in [2.24, 2.45) is 4.99 Å². The lowest BCUT2D eigenvalue weighted by atomic mass is 10.2. The molecule has 0 radical (unpaired) electrons.